The van der Waals surface area contributed by atoms with E-state index in [4.69, 9.17) is 0 Å². The van der Waals surface area contributed by atoms with Crippen LogP contribution in [0, 0.1) is 12.8 Å². The van der Waals surface area contributed by atoms with E-state index in [-0.39, 0.29) is 18.5 Å². The molecule has 2 aliphatic heterocycles. The van der Waals surface area contributed by atoms with Gasteiger partial charge in [-0.3, -0.25) is 15.0 Å². The van der Waals surface area contributed by atoms with Crippen LogP contribution in [0.4, 0.5) is 16.2 Å². The van der Waals surface area contributed by atoms with Gasteiger partial charge < -0.3 is 10.0 Å². The second-order valence-corrected chi connectivity index (χ2v) is 6.34. The standard InChI is InChI=1S/C17H23N3O3/c1-12-10-14(19-7-4-13(11-21)5-8-19)2-3-15(12)20-9-6-16(22)18-17(20)23/h2-3,10,13,21H,4-9,11H2,1H3,(H,18,22,23). The first kappa shape index (κ1) is 15.8. The Morgan fingerprint density at radius 2 is 1.96 bits per heavy atom. The van der Waals surface area contributed by atoms with Gasteiger partial charge in [0.1, 0.15) is 0 Å². The number of amides is 3. The Morgan fingerprint density at radius 1 is 1.22 bits per heavy atom. The van der Waals surface area contributed by atoms with Gasteiger partial charge in [0.15, 0.2) is 0 Å². The van der Waals surface area contributed by atoms with Crippen molar-refractivity contribution in [3.8, 4) is 0 Å². The van der Waals surface area contributed by atoms with Crippen molar-refractivity contribution in [1.82, 2.24) is 5.32 Å². The molecule has 124 valence electrons. The smallest absolute Gasteiger partial charge is 0.328 e. The van der Waals surface area contributed by atoms with Gasteiger partial charge in [0.2, 0.25) is 5.91 Å². The fourth-order valence-corrected chi connectivity index (χ4v) is 3.31. The number of urea groups is 1. The van der Waals surface area contributed by atoms with E-state index in [0.717, 1.165) is 42.9 Å². The molecule has 0 atom stereocenters. The maximum Gasteiger partial charge on any atom is 0.328 e. The number of aliphatic hydroxyl groups is 1. The van der Waals surface area contributed by atoms with Gasteiger partial charge in [-0.25, -0.2) is 4.79 Å². The second-order valence-electron chi connectivity index (χ2n) is 6.34. The third-order valence-corrected chi connectivity index (χ3v) is 4.76. The van der Waals surface area contributed by atoms with Gasteiger partial charge in [0.05, 0.1) is 0 Å². The van der Waals surface area contributed by atoms with Gasteiger partial charge in [-0.15, -0.1) is 0 Å². The molecular formula is C17H23N3O3. The SMILES string of the molecule is Cc1cc(N2CCC(CO)CC2)ccc1N1CCC(=O)NC1=O. The van der Waals surface area contributed by atoms with Crippen molar-refractivity contribution in [2.75, 3.05) is 36.0 Å². The molecular weight excluding hydrogens is 294 g/mol. The zero-order valence-electron chi connectivity index (χ0n) is 13.4. The molecule has 0 spiro atoms. The molecule has 2 heterocycles. The predicted molar refractivity (Wildman–Crippen MR) is 88.7 cm³/mol. The van der Waals surface area contributed by atoms with Crippen LogP contribution in [-0.2, 0) is 4.79 Å². The average molecular weight is 317 g/mol. The Kier molecular flexibility index (Phi) is 4.52. The summed E-state index contributed by atoms with van der Waals surface area (Å²) in [5, 5.41) is 11.6. The second kappa shape index (κ2) is 6.58. The minimum Gasteiger partial charge on any atom is -0.396 e. The van der Waals surface area contributed by atoms with Crippen molar-refractivity contribution >= 4 is 23.3 Å². The molecule has 0 bridgehead atoms. The highest BCUT2D eigenvalue weighted by Crippen LogP contribution is 2.29. The number of benzene rings is 1. The maximum absolute atomic E-state index is 12.0. The van der Waals surface area contributed by atoms with Crippen LogP contribution in [0.5, 0.6) is 0 Å². The Labute approximate surface area is 136 Å². The van der Waals surface area contributed by atoms with Crippen LogP contribution in [-0.4, -0.2) is 43.3 Å². The highest BCUT2D eigenvalue weighted by Gasteiger charge is 2.26. The number of rotatable bonds is 3. The fourth-order valence-electron chi connectivity index (χ4n) is 3.31. The number of imide groups is 1. The molecule has 6 nitrogen and oxygen atoms in total. The van der Waals surface area contributed by atoms with Crippen LogP contribution in [0.1, 0.15) is 24.8 Å². The van der Waals surface area contributed by atoms with Crippen molar-refractivity contribution in [2.24, 2.45) is 5.92 Å². The van der Waals surface area contributed by atoms with E-state index >= 15 is 0 Å². The predicted octanol–water partition coefficient (Wildman–Crippen LogP) is 1.65. The van der Waals surface area contributed by atoms with Gasteiger partial charge in [-0.1, -0.05) is 0 Å². The molecule has 2 saturated heterocycles. The van der Waals surface area contributed by atoms with Gasteiger partial charge in [0.25, 0.3) is 0 Å². The molecule has 3 rings (SSSR count). The molecule has 1 aromatic carbocycles. The lowest BCUT2D eigenvalue weighted by Gasteiger charge is -2.34. The molecule has 0 saturated carbocycles. The van der Waals surface area contributed by atoms with Crippen molar-refractivity contribution in [2.45, 2.75) is 26.2 Å². The van der Waals surface area contributed by atoms with Crippen LogP contribution in [0.3, 0.4) is 0 Å². The molecule has 2 fully saturated rings. The van der Waals surface area contributed by atoms with Crippen LogP contribution < -0.4 is 15.1 Å². The van der Waals surface area contributed by atoms with Crippen molar-refractivity contribution in [1.29, 1.82) is 0 Å². The normalized spacial score (nSPS) is 19.9. The largest absolute Gasteiger partial charge is 0.396 e. The van der Waals surface area contributed by atoms with E-state index in [2.05, 4.69) is 16.3 Å². The van der Waals surface area contributed by atoms with Gasteiger partial charge >= 0.3 is 6.03 Å². The zero-order valence-corrected chi connectivity index (χ0v) is 13.4. The van der Waals surface area contributed by atoms with Gasteiger partial charge in [-0.05, 0) is 49.4 Å². The molecule has 3 amide bonds. The number of anilines is 2. The number of carbonyl (C=O) groups is 2. The van der Waals surface area contributed by atoms with Gasteiger partial charge in [-0.2, -0.15) is 0 Å². The summed E-state index contributed by atoms with van der Waals surface area (Å²) in [6.07, 6.45) is 2.35. The van der Waals surface area contributed by atoms with E-state index in [0.29, 0.717) is 18.9 Å². The zero-order chi connectivity index (χ0) is 16.4. The van der Waals surface area contributed by atoms with Crippen LogP contribution in [0.25, 0.3) is 0 Å². The summed E-state index contributed by atoms with van der Waals surface area (Å²) in [7, 11) is 0. The first-order valence-corrected chi connectivity index (χ1v) is 8.16. The molecule has 1 aromatic rings. The lowest BCUT2D eigenvalue weighted by atomic mass is 9.97. The number of aryl methyl sites for hydroxylation is 1. The highest BCUT2D eigenvalue weighted by molar-refractivity contribution is 6.06. The molecule has 0 unspecified atom stereocenters. The quantitative estimate of drug-likeness (QED) is 0.889. The number of piperidine rings is 1. The van der Waals surface area contributed by atoms with Gasteiger partial charge in [0, 0.05) is 44.0 Å². The van der Waals surface area contributed by atoms with E-state index in [1.54, 1.807) is 4.90 Å². The van der Waals surface area contributed by atoms with E-state index in [9.17, 15) is 14.7 Å². The van der Waals surface area contributed by atoms with Crippen molar-refractivity contribution < 1.29 is 14.7 Å². The maximum atomic E-state index is 12.0. The van der Waals surface area contributed by atoms with E-state index < -0.39 is 0 Å². The Bertz CT molecular complexity index is 609. The van der Waals surface area contributed by atoms with Crippen molar-refractivity contribution in [3.63, 3.8) is 0 Å². The molecule has 2 aliphatic rings. The Balaban J connectivity index is 1.73. The Hall–Kier alpha value is -2.08. The number of nitrogens with one attached hydrogen (secondary N) is 1. The third-order valence-electron chi connectivity index (χ3n) is 4.76. The lowest BCUT2D eigenvalue weighted by molar-refractivity contribution is -0.120. The summed E-state index contributed by atoms with van der Waals surface area (Å²) >= 11 is 0. The summed E-state index contributed by atoms with van der Waals surface area (Å²) in [5.41, 5.74) is 3.02. The summed E-state index contributed by atoms with van der Waals surface area (Å²) < 4.78 is 0. The minimum atomic E-state index is -0.346. The summed E-state index contributed by atoms with van der Waals surface area (Å²) in [5.74, 6) is 0.202. The summed E-state index contributed by atoms with van der Waals surface area (Å²) in [6, 6.07) is 5.74. The number of nitrogens with zero attached hydrogens (tertiary/aromatic N) is 2. The molecule has 0 radical (unpaired) electrons. The van der Waals surface area contributed by atoms with E-state index in [1.165, 1.54) is 0 Å². The molecule has 6 heteroatoms. The minimum absolute atomic E-state index is 0.215. The van der Waals surface area contributed by atoms with Crippen molar-refractivity contribution in [3.05, 3.63) is 23.8 Å². The molecule has 2 N–H and O–H groups in total. The van der Waals surface area contributed by atoms with E-state index in [1.807, 2.05) is 19.1 Å². The first-order chi connectivity index (χ1) is 11.1. The highest BCUT2D eigenvalue weighted by atomic mass is 16.3. The third kappa shape index (κ3) is 3.32. The molecule has 23 heavy (non-hydrogen) atoms. The fraction of sp³-hybridized carbons (Fsp3) is 0.529. The van der Waals surface area contributed by atoms with Crippen LogP contribution >= 0.6 is 0 Å². The summed E-state index contributed by atoms with van der Waals surface area (Å²) in [4.78, 5) is 27.2. The monoisotopic (exact) mass is 317 g/mol. The Morgan fingerprint density at radius 3 is 2.57 bits per heavy atom. The average Bonchev–Trinajstić information content (AvgIpc) is 2.55. The molecule has 0 aromatic heterocycles. The number of hydrogen-bond donors (Lipinski definition) is 2. The van der Waals surface area contributed by atoms with Crippen LogP contribution in [0.15, 0.2) is 18.2 Å². The summed E-state index contributed by atoms with van der Waals surface area (Å²) in [6.45, 7) is 4.58. The number of hydrogen-bond acceptors (Lipinski definition) is 4. The lowest BCUT2D eigenvalue weighted by Crippen LogP contribution is -2.49. The van der Waals surface area contributed by atoms with Crippen LogP contribution in [0.2, 0.25) is 0 Å². The number of aliphatic hydroxyl groups excluding tert-OH is 1. The number of carbonyl (C=O) groups excluding carboxylic acids is 2. The first-order valence-electron chi connectivity index (χ1n) is 8.16. The topological polar surface area (TPSA) is 72.9 Å². The molecule has 0 aliphatic carbocycles.